The van der Waals surface area contributed by atoms with Gasteiger partial charge in [0.2, 0.25) is 0 Å². The lowest BCUT2D eigenvalue weighted by molar-refractivity contribution is 0.0697. The molecular weight excluding hydrogens is 228 g/mol. The van der Waals surface area contributed by atoms with E-state index < -0.39 is 5.97 Å². The van der Waals surface area contributed by atoms with Crippen molar-refractivity contribution < 1.29 is 9.90 Å². The number of benzene rings is 1. The molecule has 82 valence electrons. The Balaban J connectivity index is 2.47. The number of rotatable bonds is 2. The number of nitrogens with zero attached hydrogens (tertiary/aromatic N) is 2. The van der Waals surface area contributed by atoms with Crippen LogP contribution in [0.25, 0.3) is 11.1 Å². The molecule has 0 atom stereocenters. The lowest BCUT2D eigenvalue weighted by Crippen LogP contribution is -1.95. The summed E-state index contributed by atoms with van der Waals surface area (Å²) in [5, 5.41) is 13.2. The Labute approximate surface area is 97.1 Å². The fourth-order valence-electron chi connectivity index (χ4n) is 1.44. The van der Waals surface area contributed by atoms with Crippen LogP contribution in [0.4, 0.5) is 0 Å². The molecule has 0 aliphatic heterocycles. The van der Waals surface area contributed by atoms with Crippen LogP contribution in [0.15, 0.2) is 30.6 Å². The fourth-order valence-corrected chi connectivity index (χ4v) is 1.73. The minimum absolute atomic E-state index is 0.178. The van der Waals surface area contributed by atoms with Gasteiger partial charge in [-0.05, 0) is 12.1 Å². The third-order valence-electron chi connectivity index (χ3n) is 2.23. The minimum atomic E-state index is -0.986. The Morgan fingerprint density at radius 1 is 1.50 bits per heavy atom. The van der Waals surface area contributed by atoms with E-state index in [0.717, 1.165) is 11.1 Å². The number of aromatic carboxylic acids is 1. The summed E-state index contributed by atoms with van der Waals surface area (Å²) >= 11 is 6.02. The summed E-state index contributed by atoms with van der Waals surface area (Å²) in [4.78, 5) is 10.7. The van der Waals surface area contributed by atoms with Crippen LogP contribution in [-0.2, 0) is 7.05 Å². The smallest absolute Gasteiger partial charge is 0.335 e. The van der Waals surface area contributed by atoms with Gasteiger partial charge in [0.05, 0.1) is 11.8 Å². The molecule has 0 aliphatic carbocycles. The molecule has 0 bridgehead atoms. The molecule has 0 amide bonds. The standard InChI is InChI=1S/C11H9ClN2O2/c1-14-6-8(5-13-14)9-3-2-7(11(15)16)4-10(9)12/h2-6H,1H3,(H,15,16). The second-order valence-electron chi connectivity index (χ2n) is 3.40. The lowest BCUT2D eigenvalue weighted by atomic mass is 10.1. The van der Waals surface area contributed by atoms with E-state index in [-0.39, 0.29) is 5.56 Å². The van der Waals surface area contributed by atoms with Crippen LogP contribution in [0.5, 0.6) is 0 Å². The monoisotopic (exact) mass is 236 g/mol. The number of halogens is 1. The quantitative estimate of drug-likeness (QED) is 0.871. The van der Waals surface area contributed by atoms with Crippen molar-refractivity contribution in [2.45, 2.75) is 0 Å². The van der Waals surface area contributed by atoms with Gasteiger partial charge in [0, 0.05) is 29.4 Å². The average molecular weight is 237 g/mol. The molecule has 1 N–H and O–H groups in total. The van der Waals surface area contributed by atoms with Crippen LogP contribution < -0.4 is 0 Å². The molecule has 0 saturated heterocycles. The van der Waals surface area contributed by atoms with Crippen molar-refractivity contribution >= 4 is 17.6 Å². The summed E-state index contributed by atoms with van der Waals surface area (Å²) in [6, 6.07) is 4.64. The van der Waals surface area contributed by atoms with E-state index in [1.807, 2.05) is 13.2 Å². The van der Waals surface area contributed by atoms with Gasteiger partial charge in [-0.1, -0.05) is 17.7 Å². The van der Waals surface area contributed by atoms with E-state index in [0.29, 0.717) is 5.02 Å². The Bertz CT molecular complexity index is 549. The number of carboxylic acids is 1. The van der Waals surface area contributed by atoms with Gasteiger partial charge in [-0.25, -0.2) is 4.79 Å². The number of carbonyl (C=O) groups is 1. The zero-order valence-electron chi connectivity index (χ0n) is 8.51. The molecule has 2 aromatic rings. The highest BCUT2D eigenvalue weighted by Gasteiger charge is 2.09. The molecule has 0 fully saturated rings. The molecule has 4 nitrogen and oxygen atoms in total. The maximum Gasteiger partial charge on any atom is 0.335 e. The molecule has 1 heterocycles. The minimum Gasteiger partial charge on any atom is -0.478 e. The van der Waals surface area contributed by atoms with E-state index in [9.17, 15) is 4.79 Å². The topological polar surface area (TPSA) is 55.1 Å². The van der Waals surface area contributed by atoms with E-state index in [2.05, 4.69) is 5.10 Å². The van der Waals surface area contributed by atoms with Crippen LogP contribution in [-0.4, -0.2) is 20.9 Å². The van der Waals surface area contributed by atoms with Crippen LogP contribution in [0.3, 0.4) is 0 Å². The fraction of sp³-hybridized carbons (Fsp3) is 0.0909. The molecule has 2 rings (SSSR count). The molecule has 0 saturated carbocycles. The summed E-state index contributed by atoms with van der Waals surface area (Å²) < 4.78 is 1.66. The second-order valence-corrected chi connectivity index (χ2v) is 3.81. The molecule has 5 heteroatoms. The van der Waals surface area contributed by atoms with Crippen LogP contribution in [0.2, 0.25) is 5.02 Å². The molecule has 1 aromatic carbocycles. The third-order valence-corrected chi connectivity index (χ3v) is 2.54. The van der Waals surface area contributed by atoms with Gasteiger partial charge < -0.3 is 5.11 Å². The maximum atomic E-state index is 10.7. The number of hydrogen-bond donors (Lipinski definition) is 1. The second kappa shape index (κ2) is 3.98. The Kier molecular flexibility index (Phi) is 2.66. The summed E-state index contributed by atoms with van der Waals surface area (Å²) in [6.07, 6.45) is 3.50. The highest BCUT2D eigenvalue weighted by Crippen LogP contribution is 2.28. The first kappa shape index (κ1) is 10.7. The average Bonchev–Trinajstić information content (AvgIpc) is 2.64. The van der Waals surface area contributed by atoms with Crippen LogP contribution in [0.1, 0.15) is 10.4 Å². The zero-order chi connectivity index (χ0) is 11.7. The van der Waals surface area contributed by atoms with Crippen molar-refractivity contribution in [3.05, 3.63) is 41.2 Å². The molecule has 16 heavy (non-hydrogen) atoms. The zero-order valence-corrected chi connectivity index (χ0v) is 9.27. The van der Waals surface area contributed by atoms with Gasteiger partial charge in [0.15, 0.2) is 0 Å². The summed E-state index contributed by atoms with van der Waals surface area (Å²) in [6.45, 7) is 0. The predicted octanol–water partition coefficient (Wildman–Crippen LogP) is 2.44. The first-order chi connectivity index (χ1) is 7.58. The van der Waals surface area contributed by atoms with Crippen molar-refractivity contribution in [1.29, 1.82) is 0 Å². The van der Waals surface area contributed by atoms with Crippen molar-refractivity contribution in [3.63, 3.8) is 0 Å². The number of hydrogen-bond acceptors (Lipinski definition) is 2. The Hall–Kier alpha value is -1.81. The van der Waals surface area contributed by atoms with Gasteiger partial charge in [0.1, 0.15) is 0 Å². The highest BCUT2D eigenvalue weighted by molar-refractivity contribution is 6.33. The Morgan fingerprint density at radius 3 is 2.75 bits per heavy atom. The van der Waals surface area contributed by atoms with Gasteiger partial charge >= 0.3 is 5.97 Å². The van der Waals surface area contributed by atoms with Crippen LogP contribution >= 0.6 is 11.6 Å². The molecule has 0 spiro atoms. The molecule has 1 aromatic heterocycles. The van der Waals surface area contributed by atoms with Crippen molar-refractivity contribution in [3.8, 4) is 11.1 Å². The van der Waals surface area contributed by atoms with Gasteiger partial charge in [-0.15, -0.1) is 0 Å². The normalized spacial score (nSPS) is 10.4. The van der Waals surface area contributed by atoms with E-state index in [4.69, 9.17) is 16.7 Å². The summed E-state index contributed by atoms with van der Waals surface area (Å²) in [5.41, 5.74) is 1.82. The first-order valence-corrected chi connectivity index (χ1v) is 4.97. The molecule has 0 aliphatic rings. The predicted molar refractivity (Wildman–Crippen MR) is 60.6 cm³/mol. The largest absolute Gasteiger partial charge is 0.478 e. The first-order valence-electron chi connectivity index (χ1n) is 4.60. The van der Waals surface area contributed by atoms with E-state index >= 15 is 0 Å². The summed E-state index contributed by atoms with van der Waals surface area (Å²) in [7, 11) is 1.81. The maximum absolute atomic E-state index is 10.7. The number of carboxylic acid groups (broad SMARTS) is 1. The SMILES string of the molecule is Cn1cc(-c2ccc(C(=O)O)cc2Cl)cn1. The number of aryl methyl sites for hydroxylation is 1. The lowest BCUT2D eigenvalue weighted by Gasteiger charge is -2.02. The highest BCUT2D eigenvalue weighted by atomic mass is 35.5. The van der Waals surface area contributed by atoms with Crippen LogP contribution in [0, 0.1) is 0 Å². The molecule has 0 radical (unpaired) electrons. The van der Waals surface area contributed by atoms with Gasteiger partial charge in [-0.2, -0.15) is 5.10 Å². The molecular formula is C11H9ClN2O2. The Morgan fingerprint density at radius 2 is 2.25 bits per heavy atom. The third kappa shape index (κ3) is 1.92. The van der Waals surface area contributed by atoms with Crippen molar-refractivity contribution in [2.24, 2.45) is 7.05 Å². The van der Waals surface area contributed by atoms with Crippen molar-refractivity contribution in [2.75, 3.05) is 0 Å². The number of aromatic nitrogens is 2. The van der Waals surface area contributed by atoms with E-state index in [1.54, 1.807) is 16.9 Å². The van der Waals surface area contributed by atoms with Crippen molar-refractivity contribution in [1.82, 2.24) is 9.78 Å². The summed E-state index contributed by atoms with van der Waals surface area (Å²) in [5.74, 6) is -0.986. The van der Waals surface area contributed by atoms with Gasteiger partial charge in [-0.3, -0.25) is 4.68 Å². The molecule has 0 unspecified atom stereocenters. The van der Waals surface area contributed by atoms with Gasteiger partial charge in [0.25, 0.3) is 0 Å². The van der Waals surface area contributed by atoms with E-state index in [1.165, 1.54) is 12.1 Å².